The van der Waals surface area contributed by atoms with Crippen molar-refractivity contribution in [3.05, 3.63) is 182 Å². The van der Waals surface area contributed by atoms with Crippen LogP contribution in [-0.2, 0) is 0 Å². The Morgan fingerprint density at radius 3 is 1.76 bits per heavy atom. The van der Waals surface area contributed by atoms with E-state index >= 15 is 0 Å². The predicted octanol–water partition coefficient (Wildman–Crippen LogP) is 13.7. The fraction of sp³-hybridized carbons (Fsp3) is 0. The average molecular weight is 624 g/mol. The third-order valence-electron chi connectivity index (χ3n) is 9.98. The Hall–Kier alpha value is -6.44. The largest absolute Gasteiger partial charge is 0.455 e. The lowest BCUT2D eigenvalue weighted by Gasteiger charge is -2.19. The Labute approximate surface area is 285 Å². The molecule has 0 amide bonds. The Kier molecular flexibility index (Phi) is 6.02. The van der Waals surface area contributed by atoms with Gasteiger partial charge in [0.2, 0.25) is 0 Å². The molecule has 0 N–H and O–H groups in total. The number of para-hydroxylation sites is 1. The molecule has 0 aliphatic heterocycles. The molecule has 1 heterocycles. The van der Waals surface area contributed by atoms with E-state index < -0.39 is 0 Å². The fourth-order valence-electron chi connectivity index (χ4n) is 7.77. The van der Waals surface area contributed by atoms with Crippen LogP contribution >= 0.6 is 0 Å². The molecule has 0 spiro atoms. The summed E-state index contributed by atoms with van der Waals surface area (Å²) in [5.41, 5.74) is 11.2. The predicted molar refractivity (Wildman–Crippen MR) is 208 cm³/mol. The zero-order chi connectivity index (χ0) is 33.2. The van der Waals surface area contributed by atoms with Crippen molar-refractivity contribution in [1.29, 1.82) is 0 Å². The number of benzene rings is 9. The summed E-state index contributed by atoms with van der Waals surface area (Å²) in [6.45, 7) is 0. The van der Waals surface area contributed by atoms with Gasteiger partial charge in [-0.05, 0) is 95.5 Å². The van der Waals surface area contributed by atoms with Crippen LogP contribution in [0.15, 0.2) is 186 Å². The standard InChI is InChI=1S/C48H30O/c1-2-14-32(15-3-1)37-27-28-43(47-42-23-10-11-24-44(42)49-48(37)47)46-40-21-8-6-19-38(40)45(39-20-7-9-22-41(39)46)36-18-12-17-34(30-36)35-26-25-31-13-4-5-16-33(31)29-35/h1-30H/i4D. The summed E-state index contributed by atoms with van der Waals surface area (Å²) < 4.78 is 14.7. The highest BCUT2D eigenvalue weighted by Crippen LogP contribution is 2.48. The van der Waals surface area contributed by atoms with E-state index in [-0.39, 0.29) is 0 Å². The van der Waals surface area contributed by atoms with Crippen LogP contribution in [0.1, 0.15) is 1.37 Å². The van der Waals surface area contributed by atoms with Gasteiger partial charge in [-0.1, -0.05) is 158 Å². The van der Waals surface area contributed by atoms with E-state index in [4.69, 9.17) is 5.79 Å². The third kappa shape index (κ3) is 4.40. The molecule has 10 aromatic rings. The van der Waals surface area contributed by atoms with Gasteiger partial charge in [0.15, 0.2) is 0 Å². The summed E-state index contributed by atoms with van der Waals surface area (Å²) in [4.78, 5) is 0. The van der Waals surface area contributed by atoms with E-state index in [1.165, 1.54) is 49.4 Å². The lowest BCUT2D eigenvalue weighted by molar-refractivity contribution is 0.670. The van der Waals surface area contributed by atoms with Crippen molar-refractivity contribution in [2.45, 2.75) is 0 Å². The number of fused-ring (bicyclic) bond motifs is 6. The molecule has 1 nitrogen and oxygen atoms in total. The van der Waals surface area contributed by atoms with Gasteiger partial charge in [0.25, 0.3) is 0 Å². The van der Waals surface area contributed by atoms with Crippen LogP contribution < -0.4 is 0 Å². The van der Waals surface area contributed by atoms with Crippen LogP contribution in [0.2, 0.25) is 0 Å². The first-order valence-electron chi connectivity index (χ1n) is 17.3. The second kappa shape index (κ2) is 11.1. The molecule has 0 fully saturated rings. The minimum Gasteiger partial charge on any atom is -0.455 e. The molecule has 0 saturated carbocycles. The minimum absolute atomic E-state index is 0.531. The van der Waals surface area contributed by atoms with Gasteiger partial charge in [-0.25, -0.2) is 0 Å². The molecule has 1 aromatic heterocycles. The molecule has 0 aliphatic rings. The van der Waals surface area contributed by atoms with E-state index in [0.717, 1.165) is 49.4 Å². The molecule has 1 heteroatoms. The van der Waals surface area contributed by atoms with Crippen LogP contribution in [-0.4, -0.2) is 0 Å². The van der Waals surface area contributed by atoms with Crippen molar-refractivity contribution in [2.75, 3.05) is 0 Å². The Bertz CT molecular complexity index is 2880. The van der Waals surface area contributed by atoms with Crippen LogP contribution in [0.5, 0.6) is 0 Å². The maximum Gasteiger partial charge on any atom is 0.143 e. The molecule has 0 aliphatic carbocycles. The summed E-state index contributed by atoms with van der Waals surface area (Å²) in [6.07, 6.45) is 0. The number of hydrogen-bond donors (Lipinski definition) is 0. The lowest BCUT2D eigenvalue weighted by atomic mass is 9.84. The van der Waals surface area contributed by atoms with Crippen molar-refractivity contribution in [3.63, 3.8) is 0 Å². The maximum absolute atomic E-state index is 8.03. The first kappa shape index (κ1) is 26.6. The minimum atomic E-state index is 0.531. The normalized spacial score (nSPS) is 12.0. The average Bonchev–Trinajstić information content (AvgIpc) is 3.57. The molecule has 228 valence electrons. The SMILES string of the molecule is [2H]c1ccc2cc(-c3cccc(-c4c5ccccc5c(-c5ccc(-c6ccccc6)c6oc7ccccc7c56)c5ccccc45)c3)ccc2c1. The number of rotatable bonds is 4. The smallest absolute Gasteiger partial charge is 0.143 e. The molecule has 0 radical (unpaired) electrons. The fourth-order valence-corrected chi connectivity index (χ4v) is 7.77. The highest BCUT2D eigenvalue weighted by atomic mass is 16.3. The Balaban J connectivity index is 1.25. The summed E-state index contributed by atoms with van der Waals surface area (Å²) in [6, 6.07) is 62.9. The highest BCUT2D eigenvalue weighted by Gasteiger charge is 2.22. The van der Waals surface area contributed by atoms with Gasteiger partial charge in [0.05, 0.1) is 1.37 Å². The molecular formula is C48H30O. The van der Waals surface area contributed by atoms with Gasteiger partial charge in [0, 0.05) is 16.3 Å². The zero-order valence-corrected chi connectivity index (χ0v) is 26.7. The molecule has 0 atom stereocenters. The lowest BCUT2D eigenvalue weighted by Crippen LogP contribution is -1.92. The second-order valence-corrected chi connectivity index (χ2v) is 12.7. The van der Waals surface area contributed by atoms with Gasteiger partial charge in [-0.2, -0.15) is 0 Å². The van der Waals surface area contributed by atoms with Crippen LogP contribution in [0.25, 0.3) is 98.8 Å². The van der Waals surface area contributed by atoms with Crippen molar-refractivity contribution in [2.24, 2.45) is 0 Å². The Morgan fingerprint density at radius 1 is 0.367 bits per heavy atom. The highest BCUT2D eigenvalue weighted by molar-refractivity contribution is 6.26. The maximum atomic E-state index is 8.03. The first-order valence-corrected chi connectivity index (χ1v) is 16.8. The molecule has 49 heavy (non-hydrogen) atoms. The number of hydrogen-bond acceptors (Lipinski definition) is 1. The van der Waals surface area contributed by atoms with E-state index in [9.17, 15) is 0 Å². The third-order valence-corrected chi connectivity index (χ3v) is 9.98. The van der Waals surface area contributed by atoms with Crippen molar-refractivity contribution < 1.29 is 5.79 Å². The van der Waals surface area contributed by atoms with E-state index in [2.05, 4.69) is 152 Å². The molecule has 9 aromatic carbocycles. The first-order chi connectivity index (χ1) is 24.7. The van der Waals surface area contributed by atoms with Crippen molar-refractivity contribution in [3.8, 4) is 44.5 Å². The second-order valence-electron chi connectivity index (χ2n) is 12.7. The zero-order valence-electron chi connectivity index (χ0n) is 27.7. The van der Waals surface area contributed by atoms with Crippen LogP contribution in [0, 0.1) is 0 Å². The van der Waals surface area contributed by atoms with Gasteiger partial charge in [0.1, 0.15) is 11.2 Å². The molecule has 10 rings (SSSR count). The van der Waals surface area contributed by atoms with Crippen molar-refractivity contribution in [1.82, 2.24) is 0 Å². The topological polar surface area (TPSA) is 13.1 Å². The van der Waals surface area contributed by atoms with E-state index in [1.54, 1.807) is 0 Å². The van der Waals surface area contributed by atoms with Gasteiger partial charge in [-0.15, -0.1) is 0 Å². The molecule has 0 unspecified atom stereocenters. The summed E-state index contributed by atoms with van der Waals surface area (Å²) in [5.74, 6) is 0. The molecule has 0 bridgehead atoms. The van der Waals surface area contributed by atoms with Crippen LogP contribution in [0.4, 0.5) is 0 Å². The van der Waals surface area contributed by atoms with Crippen LogP contribution in [0.3, 0.4) is 0 Å². The van der Waals surface area contributed by atoms with Crippen molar-refractivity contribution >= 4 is 54.3 Å². The quantitative estimate of drug-likeness (QED) is 0.178. The number of furan rings is 1. The van der Waals surface area contributed by atoms with Gasteiger partial charge < -0.3 is 4.42 Å². The summed E-state index contributed by atoms with van der Waals surface area (Å²) in [7, 11) is 0. The van der Waals surface area contributed by atoms with Gasteiger partial charge >= 0.3 is 0 Å². The van der Waals surface area contributed by atoms with Gasteiger partial charge in [-0.3, -0.25) is 0 Å². The Morgan fingerprint density at radius 2 is 0.980 bits per heavy atom. The summed E-state index contributed by atoms with van der Waals surface area (Å²) >= 11 is 0. The molecular weight excluding hydrogens is 593 g/mol. The van der Waals surface area contributed by atoms with E-state index in [0.29, 0.717) is 6.04 Å². The summed E-state index contributed by atoms with van der Waals surface area (Å²) in [5, 5.41) is 9.34. The van der Waals surface area contributed by atoms with E-state index in [1.807, 2.05) is 24.3 Å². The molecule has 0 saturated heterocycles. The monoisotopic (exact) mass is 623 g/mol.